The van der Waals surface area contributed by atoms with Gasteiger partial charge in [-0.05, 0) is 11.5 Å². The van der Waals surface area contributed by atoms with Gasteiger partial charge in [-0.3, -0.25) is 9.69 Å². The van der Waals surface area contributed by atoms with E-state index >= 15 is 0 Å². The normalized spacial score (nSPS) is 26.0. The summed E-state index contributed by atoms with van der Waals surface area (Å²) in [5.41, 5.74) is 1.00. The molecular weight excluding hydrogens is 280 g/mol. The zero-order chi connectivity index (χ0) is 15.9. The Morgan fingerprint density at radius 2 is 1.86 bits per heavy atom. The van der Waals surface area contributed by atoms with E-state index in [0.29, 0.717) is 13.0 Å². The molecule has 0 spiro atoms. The summed E-state index contributed by atoms with van der Waals surface area (Å²) in [5, 5.41) is 0. The highest BCUT2D eigenvalue weighted by atomic mass is 16.5. The highest BCUT2D eigenvalue weighted by Crippen LogP contribution is 2.37. The van der Waals surface area contributed by atoms with Crippen molar-refractivity contribution >= 4 is 11.9 Å². The second-order valence-corrected chi connectivity index (χ2v) is 6.35. The Labute approximate surface area is 130 Å². The first-order valence-corrected chi connectivity index (χ1v) is 7.76. The lowest BCUT2D eigenvalue weighted by molar-refractivity contribution is -0.130. The molecule has 0 aliphatic carbocycles. The van der Waals surface area contributed by atoms with Crippen molar-refractivity contribution in [3.63, 3.8) is 0 Å². The molecule has 0 aromatic heterocycles. The number of fused-ring (bicyclic) bond motifs is 1. The molecule has 5 heteroatoms. The van der Waals surface area contributed by atoms with Gasteiger partial charge >= 0.3 is 6.03 Å². The smallest absolute Gasteiger partial charge is 0.328 e. The number of methoxy groups -OCH3 is 1. The van der Waals surface area contributed by atoms with Crippen LogP contribution in [-0.4, -0.2) is 47.5 Å². The van der Waals surface area contributed by atoms with Gasteiger partial charge in [0.05, 0.1) is 12.1 Å². The van der Waals surface area contributed by atoms with E-state index in [1.165, 1.54) is 4.90 Å². The fraction of sp³-hybridized carbons (Fsp3) is 0.529. The van der Waals surface area contributed by atoms with Gasteiger partial charge in [-0.1, -0.05) is 44.2 Å². The van der Waals surface area contributed by atoms with Gasteiger partial charge < -0.3 is 9.64 Å². The second kappa shape index (κ2) is 5.72. The average Bonchev–Trinajstić information content (AvgIpc) is 3.03. The first-order valence-electron chi connectivity index (χ1n) is 7.76. The number of carbonyl (C=O) groups excluding carboxylic acids is 2. The minimum atomic E-state index is -0.359. The summed E-state index contributed by atoms with van der Waals surface area (Å²) in [7, 11) is 1.63. The third-order valence-corrected chi connectivity index (χ3v) is 4.62. The summed E-state index contributed by atoms with van der Waals surface area (Å²) < 4.78 is 5.31. The largest absolute Gasteiger partial charge is 0.380 e. The molecule has 1 aromatic rings. The van der Waals surface area contributed by atoms with Gasteiger partial charge in [0.25, 0.3) is 5.91 Å². The molecule has 1 aromatic carbocycles. The molecule has 2 aliphatic rings. The zero-order valence-corrected chi connectivity index (χ0v) is 13.2. The van der Waals surface area contributed by atoms with Gasteiger partial charge in [-0.2, -0.15) is 0 Å². The molecule has 3 amide bonds. The Morgan fingerprint density at radius 3 is 2.41 bits per heavy atom. The van der Waals surface area contributed by atoms with Crippen molar-refractivity contribution in [2.75, 3.05) is 13.7 Å². The van der Waals surface area contributed by atoms with Crippen LogP contribution < -0.4 is 0 Å². The third-order valence-electron chi connectivity index (χ3n) is 4.62. The van der Waals surface area contributed by atoms with Crippen molar-refractivity contribution in [1.82, 2.24) is 9.80 Å². The topological polar surface area (TPSA) is 49.9 Å². The van der Waals surface area contributed by atoms with Crippen molar-refractivity contribution in [2.24, 2.45) is 5.92 Å². The molecule has 22 heavy (non-hydrogen) atoms. The summed E-state index contributed by atoms with van der Waals surface area (Å²) in [5.74, 6) is 0.0700. The monoisotopic (exact) mass is 302 g/mol. The van der Waals surface area contributed by atoms with E-state index < -0.39 is 0 Å². The number of amides is 3. The first kappa shape index (κ1) is 15.0. The molecule has 0 bridgehead atoms. The molecule has 3 rings (SSSR count). The molecular formula is C17H22N2O3. The maximum atomic E-state index is 12.8. The second-order valence-electron chi connectivity index (χ2n) is 6.35. The summed E-state index contributed by atoms with van der Waals surface area (Å²) in [6, 6.07) is 9.03. The lowest BCUT2D eigenvalue weighted by Crippen LogP contribution is -2.40. The van der Waals surface area contributed by atoms with Crippen molar-refractivity contribution in [3.05, 3.63) is 35.9 Å². The molecule has 2 saturated heterocycles. The van der Waals surface area contributed by atoms with Crippen molar-refractivity contribution in [1.29, 1.82) is 0 Å². The predicted molar refractivity (Wildman–Crippen MR) is 82.2 cm³/mol. The predicted octanol–water partition coefficient (Wildman–Crippen LogP) is 2.44. The number of ether oxygens (including phenoxy) is 1. The van der Waals surface area contributed by atoms with Gasteiger partial charge in [0.1, 0.15) is 6.04 Å². The summed E-state index contributed by atoms with van der Waals surface area (Å²) in [6.45, 7) is 4.58. The Balaban J connectivity index is 1.91. The number of hydrogen-bond acceptors (Lipinski definition) is 3. The Hall–Kier alpha value is -1.88. The molecule has 0 N–H and O–H groups in total. The van der Waals surface area contributed by atoms with Gasteiger partial charge in [-0.15, -0.1) is 0 Å². The van der Waals surface area contributed by atoms with Crippen LogP contribution in [0.5, 0.6) is 0 Å². The van der Waals surface area contributed by atoms with E-state index in [1.807, 2.05) is 44.2 Å². The molecule has 2 aliphatic heterocycles. The van der Waals surface area contributed by atoms with Gasteiger partial charge in [0.2, 0.25) is 0 Å². The van der Waals surface area contributed by atoms with Gasteiger partial charge in [-0.25, -0.2) is 4.79 Å². The van der Waals surface area contributed by atoms with Crippen LogP contribution in [0.25, 0.3) is 0 Å². The van der Waals surface area contributed by atoms with Crippen molar-refractivity contribution < 1.29 is 14.3 Å². The van der Waals surface area contributed by atoms with Crippen LogP contribution in [0.3, 0.4) is 0 Å². The number of benzene rings is 1. The number of carbonyl (C=O) groups is 2. The SMILES string of the molecule is COC1CC2C(=O)N(C(c3ccccc3)C(C)C)C(=O)N2C1. The maximum Gasteiger partial charge on any atom is 0.328 e. The highest BCUT2D eigenvalue weighted by Gasteiger charge is 2.53. The fourth-order valence-electron chi connectivity index (χ4n) is 3.55. The fourth-order valence-corrected chi connectivity index (χ4v) is 3.55. The summed E-state index contributed by atoms with van der Waals surface area (Å²) in [6.07, 6.45) is 0.561. The molecule has 0 radical (unpaired) electrons. The van der Waals surface area contributed by atoms with E-state index in [1.54, 1.807) is 12.0 Å². The van der Waals surface area contributed by atoms with E-state index in [2.05, 4.69) is 0 Å². The Morgan fingerprint density at radius 1 is 1.18 bits per heavy atom. The summed E-state index contributed by atoms with van der Waals surface area (Å²) >= 11 is 0. The molecule has 5 nitrogen and oxygen atoms in total. The van der Waals surface area contributed by atoms with E-state index in [9.17, 15) is 9.59 Å². The Bertz CT molecular complexity index is 549. The van der Waals surface area contributed by atoms with Gasteiger partial charge in [0, 0.05) is 20.1 Å². The Kier molecular flexibility index (Phi) is 3.91. The van der Waals surface area contributed by atoms with Crippen molar-refractivity contribution in [3.8, 4) is 0 Å². The van der Waals surface area contributed by atoms with E-state index in [4.69, 9.17) is 4.74 Å². The van der Waals surface area contributed by atoms with Crippen LogP contribution in [0, 0.1) is 5.92 Å². The lowest BCUT2D eigenvalue weighted by Gasteiger charge is -2.30. The third kappa shape index (κ3) is 2.29. The van der Waals surface area contributed by atoms with Crippen LogP contribution in [0.2, 0.25) is 0 Å². The zero-order valence-electron chi connectivity index (χ0n) is 13.2. The van der Waals surface area contributed by atoms with Gasteiger partial charge in [0.15, 0.2) is 0 Å². The van der Waals surface area contributed by atoms with Crippen LogP contribution in [-0.2, 0) is 9.53 Å². The van der Waals surface area contributed by atoms with E-state index in [0.717, 1.165) is 5.56 Å². The average molecular weight is 302 g/mol. The lowest BCUT2D eigenvalue weighted by atomic mass is 9.94. The molecule has 2 heterocycles. The molecule has 3 atom stereocenters. The van der Waals surface area contributed by atoms with Crippen molar-refractivity contribution in [2.45, 2.75) is 38.5 Å². The molecule has 2 fully saturated rings. The standard InChI is InChI=1S/C17H22N2O3/c1-11(2)15(12-7-5-4-6-8-12)19-16(20)14-9-13(22-3)10-18(14)17(19)21/h4-8,11,13-15H,9-10H2,1-3H3. The summed E-state index contributed by atoms with van der Waals surface area (Å²) in [4.78, 5) is 28.7. The van der Waals surface area contributed by atoms with Crippen LogP contribution in [0.4, 0.5) is 4.79 Å². The number of urea groups is 1. The highest BCUT2D eigenvalue weighted by molar-refractivity contribution is 6.05. The number of rotatable bonds is 4. The maximum absolute atomic E-state index is 12.8. The minimum absolute atomic E-state index is 0.0331. The first-order chi connectivity index (χ1) is 10.5. The quantitative estimate of drug-likeness (QED) is 0.803. The number of nitrogens with zero attached hydrogens (tertiary/aromatic N) is 2. The number of imide groups is 1. The molecule has 0 saturated carbocycles. The van der Waals surface area contributed by atoms with Crippen LogP contribution >= 0.6 is 0 Å². The molecule has 118 valence electrons. The van der Waals surface area contributed by atoms with Crippen LogP contribution in [0.15, 0.2) is 30.3 Å². The van der Waals surface area contributed by atoms with E-state index in [-0.39, 0.29) is 36.0 Å². The van der Waals surface area contributed by atoms with Crippen LogP contribution in [0.1, 0.15) is 31.9 Å². The minimum Gasteiger partial charge on any atom is -0.380 e. The number of hydrogen-bond donors (Lipinski definition) is 0. The molecule has 3 unspecified atom stereocenters.